The van der Waals surface area contributed by atoms with E-state index < -0.39 is 0 Å². The number of nitrogens with one attached hydrogen (secondary N) is 1. The van der Waals surface area contributed by atoms with Crippen molar-refractivity contribution in [1.29, 1.82) is 0 Å². The number of benzene rings is 1. The molecule has 0 saturated heterocycles. The molecule has 3 aromatic rings. The van der Waals surface area contributed by atoms with Gasteiger partial charge in [0.1, 0.15) is 11.2 Å². The first-order chi connectivity index (χ1) is 10.2. The van der Waals surface area contributed by atoms with E-state index >= 15 is 0 Å². The van der Waals surface area contributed by atoms with Crippen molar-refractivity contribution in [1.82, 2.24) is 14.6 Å². The molecule has 2 aromatic heterocycles. The van der Waals surface area contributed by atoms with Crippen LogP contribution >= 0.6 is 34.6 Å². The van der Waals surface area contributed by atoms with E-state index in [4.69, 9.17) is 0 Å². The summed E-state index contributed by atoms with van der Waals surface area (Å²) in [6.07, 6.45) is 0. The number of hydrogen-bond acceptors (Lipinski definition) is 7. The second-order valence-corrected chi connectivity index (χ2v) is 7.27. The van der Waals surface area contributed by atoms with E-state index in [1.807, 2.05) is 31.2 Å². The second kappa shape index (κ2) is 6.33. The van der Waals surface area contributed by atoms with Gasteiger partial charge in [-0.1, -0.05) is 23.1 Å². The lowest BCUT2D eigenvalue weighted by Crippen LogP contribution is -2.11. The minimum atomic E-state index is -0.191. The Morgan fingerprint density at radius 3 is 2.71 bits per heavy atom. The molecule has 1 N–H and O–H groups in total. The van der Waals surface area contributed by atoms with Crippen LogP contribution in [-0.4, -0.2) is 20.5 Å². The van der Waals surface area contributed by atoms with E-state index in [1.165, 1.54) is 22.9 Å². The minimum absolute atomic E-state index is 0.191. The molecular weight excluding hydrogens is 324 g/mol. The predicted molar refractivity (Wildman–Crippen MR) is 85.3 cm³/mol. The van der Waals surface area contributed by atoms with E-state index in [-0.39, 0.29) is 5.91 Å². The highest BCUT2D eigenvalue weighted by Gasteiger charge is 2.09. The molecule has 3 rings (SSSR count). The lowest BCUT2D eigenvalue weighted by atomic mass is 10.3. The Kier molecular flexibility index (Phi) is 4.28. The zero-order valence-corrected chi connectivity index (χ0v) is 13.4. The first-order valence-electron chi connectivity index (χ1n) is 5.99. The standard InChI is InChI=1S/C13H10N4OS3/c1-8-6-11(17-21-8)12(18)15-9-2-4-10(5-3-9)20-13-16-14-7-19-13/h2-7H,1H3,(H,15,18). The van der Waals surface area contributed by atoms with E-state index in [0.717, 1.165) is 19.8 Å². The van der Waals surface area contributed by atoms with Gasteiger partial charge in [-0.05, 0) is 48.8 Å². The third-order valence-electron chi connectivity index (χ3n) is 2.52. The van der Waals surface area contributed by atoms with Crippen LogP contribution in [0.5, 0.6) is 0 Å². The maximum atomic E-state index is 12.0. The van der Waals surface area contributed by atoms with Crippen LogP contribution in [0.4, 0.5) is 5.69 Å². The van der Waals surface area contributed by atoms with Crippen LogP contribution in [-0.2, 0) is 0 Å². The topological polar surface area (TPSA) is 67.8 Å². The molecule has 0 unspecified atom stereocenters. The van der Waals surface area contributed by atoms with Crippen LogP contribution in [0.15, 0.2) is 45.1 Å². The Morgan fingerprint density at radius 1 is 1.29 bits per heavy atom. The van der Waals surface area contributed by atoms with Gasteiger partial charge in [0.25, 0.3) is 5.91 Å². The summed E-state index contributed by atoms with van der Waals surface area (Å²) in [7, 11) is 0. The number of carbonyl (C=O) groups is 1. The Morgan fingerprint density at radius 2 is 2.10 bits per heavy atom. The Hall–Kier alpha value is -1.77. The van der Waals surface area contributed by atoms with Gasteiger partial charge < -0.3 is 5.32 Å². The van der Waals surface area contributed by atoms with Crippen LogP contribution in [0, 0.1) is 6.92 Å². The fraction of sp³-hybridized carbons (Fsp3) is 0.0769. The SMILES string of the molecule is Cc1cc(C(=O)Nc2ccc(Sc3nncs3)cc2)ns1. The van der Waals surface area contributed by atoms with Gasteiger partial charge in [0.15, 0.2) is 4.34 Å². The molecule has 5 nitrogen and oxygen atoms in total. The van der Waals surface area contributed by atoms with Crippen molar-refractivity contribution in [2.24, 2.45) is 0 Å². The molecule has 106 valence electrons. The van der Waals surface area contributed by atoms with Crippen molar-refractivity contribution in [3.63, 3.8) is 0 Å². The molecule has 2 heterocycles. The largest absolute Gasteiger partial charge is 0.321 e. The molecule has 0 aliphatic rings. The normalized spacial score (nSPS) is 10.5. The van der Waals surface area contributed by atoms with Crippen molar-refractivity contribution >= 4 is 46.2 Å². The summed E-state index contributed by atoms with van der Waals surface area (Å²) in [5.74, 6) is -0.191. The van der Waals surface area contributed by atoms with E-state index in [2.05, 4.69) is 19.9 Å². The lowest BCUT2D eigenvalue weighted by Gasteiger charge is -2.04. The Bertz CT molecular complexity index is 737. The summed E-state index contributed by atoms with van der Waals surface area (Å²) in [6, 6.07) is 9.38. The van der Waals surface area contributed by atoms with Crippen LogP contribution in [0.3, 0.4) is 0 Å². The quantitative estimate of drug-likeness (QED) is 0.788. The van der Waals surface area contributed by atoms with E-state index in [9.17, 15) is 4.79 Å². The smallest absolute Gasteiger partial charge is 0.275 e. The fourth-order valence-electron chi connectivity index (χ4n) is 1.58. The first-order valence-corrected chi connectivity index (χ1v) is 8.46. The molecule has 0 atom stereocenters. The molecule has 0 spiro atoms. The van der Waals surface area contributed by atoms with Gasteiger partial charge in [-0.15, -0.1) is 10.2 Å². The van der Waals surface area contributed by atoms with Crippen molar-refractivity contribution in [3.8, 4) is 0 Å². The van der Waals surface area contributed by atoms with Crippen molar-refractivity contribution in [2.45, 2.75) is 16.2 Å². The van der Waals surface area contributed by atoms with Gasteiger partial charge >= 0.3 is 0 Å². The summed E-state index contributed by atoms with van der Waals surface area (Å²) in [5.41, 5.74) is 2.89. The fourth-order valence-corrected chi connectivity index (χ4v) is 3.58. The molecule has 0 saturated carbocycles. The molecule has 1 aromatic carbocycles. The summed E-state index contributed by atoms with van der Waals surface area (Å²) < 4.78 is 4.98. The summed E-state index contributed by atoms with van der Waals surface area (Å²) in [4.78, 5) is 14.0. The Labute approximate surface area is 133 Å². The van der Waals surface area contributed by atoms with Crippen molar-refractivity contribution in [3.05, 3.63) is 46.4 Å². The zero-order chi connectivity index (χ0) is 14.7. The highest BCUT2D eigenvalue weighted by molar-refractivity contribution is 8.01. The molecule has 0 fully saturated rings. The monoisotopic (exact) mass is 334 g/mol. The molecule has 21 heavy (non-hydrogen) atoms. The average molecular weight is 334 g/mol. The number of amides is 1. The molecule has 0 aliphatic heterocycles. The van der Waals surface area contributed by atoms with Gasteiger partial charge in [0.05, 0.1) is 0 Å². The number of carbonyl (C=O) groups excluding carboxylic acids is 1. The molecule has 8 heteroatoms. The number of anilines is 1. The summed E-state index contributed by atoms with van der Waals surface area (Å²) in [6.45, 7) is 1.92. The minimum Gasteiger partial charge on any atom is -0.321 e. The van der Waals surface area contributed by atoms with Gasteiger partial charge in [-0.25, -0.2) is 0 Å². The Balaban J connectivity index is 1.65. The van der Waals surface area contributed by atoms with Crippen LogP contribution in [0.2, 0.25) is 0 Å². The number of aromatic nitrogens is 3. The summed E-state index contributed by atoms with van der Waals surface area (Å²) in [5, 5.41) is 10.6. The lowest BCUT2D eigenvalue weighted by molar-refractivity contribution is 0.102. The molecule has 0 bridgehead atoms. The number of hydrogen-bond donors (Lipinski definition) is 1. The maximum Gasteiger partial charge on any atom is 0.275 e. The van der Waals surface area contributed by atoms with Gasteiger partial charge in [-0.2, -0.15) is 4.37 Å². The predicted octanol–water partition coefficient (Wildman–Crippen LogP) is 3.71. The van der Waals surface area contributed by atoms with E-state index in [0.29, 0.717) is 5.69 Å². The zero-order valence-electron chi connectivity index (χ0n) is 10.9. The number of rotatable bonds is 4. The van der Waals surface area contributed by atoms with Crippen molar-refractivity contribution < 1.29 is 4.79 Å². The average Bonchev–Trinajstić information content (AvgIpc) is 3.12. The maximum absolute atomic E-state index is 12.0. The van der Waals surface area contributed by atoms with E-state index in [1.54, 1.807) is 23.3 Å². The van der Waals surface area contributed by atoms with Gasteiger partial charge in [0, 0.05) is 15.5 Å². The first kappa shape index (κ1) is 14.2. The van der Waals surface area contributed by atoms with Crippen LogP contribution < -0.4 is 5.32 Å². The molecule has 0 aliphatic carbocycles. The number of nitrogens with zero attached hydrogens (tertiary/aromatic N) is 3. The van der Waals surface area contributed by atoms with Gasteiger partial charge in [-0.3, -0.25) is 4.79 Å². The number of aryl methyl sites for hydroxylation is 1. The third kappa shape index (κ3) is 3.66. The molecule has 1 amide bonds. The van der Waals surface area contributed by atoms with Gasteiger partial charge in [0.2, 0.25) is 0 Å². The third-order valence-corrected chi connectivity index (χ3v) is 5.00. The summed E-state index contributed by atoms with van der Waals surface area (Å²) >= 11 is 4.36. The molecule has 0 radical (unpaired) electrons. The van der Waals surface area contributed by atoms with Crippen LogP contribution in [0.1, 0.15) is 15.4 Å². The highest BCUT2D eigenvalue weighted by atomic mass is 32.2. The molecular formula is C13H10N4OS3. The second-order valence-electron chi connectivity index (χ2n) is 4.11. The van der Waals surface area contributed by atoms with Crippen molar-refractivity contribution in [2.75, 3.05) is 5.32 Å². The highest BCUT2D eigenvalue weighted by Crippen LogP contribution is 2.29. The van der Waals surface area contributed by atoms with Crippen LogP contribution in [0.25, 0.3) is 0 Å².